The fourth-order valence-electron chi connectivity index (χ4n) is 8.36. The number of ether oxygens (including phenoxy) is 4. The van der Waals surface area contributed by atoms with Crippen molar-refractivity contribution in [2.45, 2.75) is 82.7 Å². The Kier molecular flexibility index (Phi) is 4.99. The summed E-state index contributed by atoms with van der Waals surface area (Å²) in [4.78, 5) is 0. The Labute approximate surface area is 170 Å². The molecule has 6 rings (SSSR count). The van der Waals surface area contributed by atoms with Crippen LogP contribution in [0.25, 0.3) is 0 Å². The van der Waals surface area contributed by atoms with Gasteiger partial charge in [0.05, 0.1) is 26.4 Å². The molecular formula is C24H38O4. The third-order valence-corrected chi connectivity index (χ3v) is 9.42. The van der Waals surface area contributed by atoms with Gasteiger partial charge in [0.15, 0.2) is 12.1 Å². The Bertz CT molecular complexity index is 549. The second-order valence-electron chi connectivity index (χ2n) is 10.8. The summed E-state index contributed by atoms with van der Waals surface area (Å²) in [7, 11) is 0. The highest BCUT2D eigenvalue weighted by Crippen LogP contribution is 2.55. The molecule has 6 fully saturated rings. The first-order chi connectivity index (χ1) is 13.8. The molecule has 2 aliphatic heterocycles. The van der Waals surface area contributed by atoms with Gasteiger partial charge in [-0.2, -0.15) is 0 Å². The molecule has 2 heterocycles. The van der Waals surface area contributed by atoms with Crippen molar-refractivity contribution < 1.29 is 18.9 Å². The van der Waals surface area contributed by atoms with E-state index < -0.39 is 0 Å². The lowest BCUT2D eigenvalue weighted by molar-refractivity contribution is -0.275. The van der Waals surface area contributed by atoms with Gasteiger partial charge in [0.1, 0.15) is 0 Å². The monoisotopic (exact) mass is 390 g/mol. The summed E-state index contributed by atoms with van der Waals surface area (Å²) < 4.78 is 25.3. The molecule has 6 aliphatic rings. The lowest BCUT2D eigenvalue weighted by Gasteiger charge is -2.50. The Morgan fingerprint density at radius 3 is 2.18 bits per heavy atom. The molecule has 158 valence electrons. The zero-order chi connectivity index (χ0) is 18.6. The Balaban J connectivity index is 1.17. The highest BCUT2D eigenvalue weighted by molar-refractivity contribution is 4.99. The molecular weight excluding hydrogens is 352 g/mol. The van der Waals surface area contributed by atoms with E-state index in [2.05, 4.69) is 0 Å². The minimum atomic E-state index is -0.215. The van der Waals surface area contributed by atoms with Crippen molar-refractivity contribution in [2.75, 3.05) is 26.4 Å². The molecule has 4 nitrogen and oxygen atoms in total. The molecule has 0 aromatic heterocycles. The van der Waals surface area contributed by atoms with E-state index in [1.807, 2.05) is 0 Å². The van der Waals surface area contributed by atoms with Gasteiger partial charge in [0.2, 0.25) is 0 Å². The predicted octanol–water partition coefficient (Wildman–Crippen LogP) is 4.76. The molecule has 0 N–H and O–H groups in total. The van der Waals surface area contributed by atoms with Gasteiger partial charge in [0.25, 0.3) is 0 Å². The minimum Gasteiger partial charge on any atom is -0.350 e. The van der Waals surface area contributed by atoms with E-state index in [1.54, 1.807) is 0 Å². The number of fused-ring (bicyclic) bond motifs is 5. The van der Waals surface area contributed by atoms with E-state index in [1.165, 1.54) is 64.2 Å². The summed E-state index contributed by atoms with van der Waals surface area (Å²) in [5.74, 6) is 5.12. The van der Waals surface area contributed by atoms with Crippen molar-refractivity contribution in [2.24, 2.45) is 41.4 Å². The maximum absolute atomic E-state index is 6.57. The van der Waals surface area contributed by atoms with E-state index in [0.717, 1.165) is 56.5 Å². The fourth-order valence-corrected chi connectivity index (χ4v) is 8.36. The molecule has 4 bridgehead atoms. The maximum atomic E-state index is 6.57. The summed E-state index contributed by atoms with van der Waals surface area (Å²) in [5, 5.41) is 0. The van der Waals surface area contributed by atoms with Crippen LogP contribution in [-0.2, 0) is 18.9 Å². The molecule has 4 heteroatoms. The number of hydrogen-bond acceptors (Lipinski definition) is 4. The van der Waals surface area contributed by atoms with Crippen LogP contribution in [0, 0.1) is 41.4 Å². The molecule has 6 atom stereocenters. The molecule has 6 unspecified atom stereocenters. The summed E-state index contributed by atoms with van der Waals surface area (Å²) in [5.41, 5.74) is 0. The van der Waals surface area contributed by atoms with Gasteiger partial charge >= 0.3 is 0 Å². The summed E-state index contributed by atoms with van der Waals surface area (Å²) in [6.45, 7) is 3.34. The van der Waals surface area contributed by atoms with E-state index in [4.69, 9.17) is 18.9 Å². The zero-order valence-corrected chi connectivity index (χ0v) is 17.4. The van der Waals surface area contributed by atoms with Crippen LogP contribution in [-0.4, -0.2) is 38.5 Å². The van der Waals surface area contributed by atoms with Gasteiger partial charge in [-0.05, 0) is 74.5 Å². The van der Waals surface area contributed by atoms with Crippen molar-refractivity contribution in [1.82, 2.24) is 0 Å². The SMILES string of the molecule is C1CC2CC(C1)C(C1CCOC3(CC4CCC3C4)OCC1)C(C1OCCO1)C2. The standard InChI is InChI=1S/C24H38O4/c1-2-16-12-19(3-1)22(21(14-16)23-25-10-11-26-23)18-6-8-27-24(28-9-7-18)15-17-4-5-20(24)13-17/h16-23H,1-15H2. The van der Waals surface area contributed by atoms with Crippen LogP contribution in [0.15, 0.2) is 0 Å². The summed E-state index contributed by atoms with van der Waals surface area (Å²) in [6.07, 6.45) is 14.7. The lowest BCUT2D eigenvalue weighted by Crippen LogP contribution is -2.48. The van der Waals surface area contributed by atoms with E-state index >= 15 is 0 Å². The van der Waals surface area contributed by atoms with Crippen molar-refractivity contribution in [3.63, 3.8) is 0 Å². The zero-order valence-electron chi connectivity index (χ0n) is 17.4. The quantitative estimate of drug-likeness (QED) is 0.681. The van der Waals surface area contributed by atoms with Crippen LogP contribution in [0.3, 0.4) is 0 Å². The largest absolute Gasteiger partial charge is 0.350 e. The molecule has 4 saturated carbocycles. The van der Waals surface area contributed by atoms with Crippen molar-refractivity contribution >= 4 is 0 Å². The molecule has 1 spiro atoms. The second-order valence-corrected chi connectivity index (χ2v) is 10.8. The van der Waals surface area contributed by atoms with Crippen LogP contribution in [0.1, 0.15) is 70.6 Å². The van der Waals surface area contributed by atoms with E-state index in [-0.39, 0.29) is 12.1 Å². The second kappa shape index (κ2) is 7.51. The van der Waals surface area contributed by atoms with Gasteiger partial charge in [-0.15, -0.1) is 0 Å². The molecule has 4 aliphatic carbocycles. The highest BCUT2D eigenvalue weighted by atomic mass is 16.7. The lowest BCUT2D eigenvalue weighted by atomic mass is 9.57. The van der Waals surface area contributed by atoms with Crippen molar-refractivity contribution in [3.05, 3.63) is 0 Å². The van der Waals surface area contributed by atoms with E-state index in [0.29, 0.717) is 17.8 Å². The summed E-state index contributed by atoms with van der Waals surface area (Å²) >= 11 is 0. The molecule has 0 radical (unpaired) electrons. The first-order valence-electron chi connectivity index (χ1n) is 12.3. The van der Waals surface area contributed by atoms with Gasteiger partial charge in [0, 0.05) is 18.3 Å². The number of hydrogen-bond donors (Lipinski definition) is 0. The fraction of sp³-hybridized carbons (Fsp3) is 1.00. The average molecular weight is 391 g/mol. The van der Waals surface area contributed by atoms with Crippen LogP contribution < -0.4 is 0 Å². The summed E-state index contributed by atoms with van der Waals surface area (Å²) in [6, 6.07) is 0. The molecule has 2 saturated heterocycles. The highest BCUT2D eigenvalue weighted by Gasteiger charge is 2.54. The molecule has 28 heavy (non-hydrogen) atoms. The topological polar surface area (TPSA) is 36.9 Å². The van der Waals surface area contributed by atoms with Crippen molar-refractivity contribution in [1.29, 1.82) is 0 Å². The maximum Gasteiger partial charge on any atom is 0.171 e. The van der Waals surface area contributed by atoms with Gasteiger partial charge in [-0.25, -0.2) is 0 Å². The van der Waals surface area contributed by atoms with Crippen LogP contribution >= 0.6 is 0 Å². The first kappa shape index (κ1) is 18.6. The average Bonchev–Trinajstić information content (AvgIpc) is 3.43. The Morgan fingerprint density at radius 1 is 0.643 bits per heavy atom. The van der Waals surface area contributed by atoms with Crippen molar-refractivity contribution in [3.8, 4) is 0 Å². The predicted molar refractivity (Wildman–Crippen MR) is 106 cm³/mol. The normalized spacial score (nSPS) is 52.1. The number of rotatable bonds is 2. The van der Waals surface area contributed by atoms with E-state index in [9.17, 15) is 0 Å². The van der Waals surface area contributed by atoms with Crippen LogP contribution in [0.4, 0.5) is 0 Å². The third-order valence-electron chi connectivity index (χ3n) is 9.42. The smallest absolute Gasteiger partial charge is 0.171 e. The van der Waals surface area contributed by atoms with Crippen LogP contribution in [0.2, 0.25) is 0 Å². The Hall–Kier alpha value is -0.160. The van der Waals surface area contributed by atoms with Crippen LogP contribution in [0.5, 0.6) is 0 Å². The third kappa shape index (κ3) is 3.18. The first-order valence-corrected chi connectivity index (χ1v) is 12.3. The van der Waals surface area contributed by atoms with Gasteiger partial charge < -0.3 is 18.9 Å². The Morgan fingerprint density at radius 2 is 1.46 bits per heavy atom. The molecule has 0 aromatic rings. The minimum absolute atomic E-state index is 0.0533. The molecule has 0 amide bonds. The van der Waals surface area contributed by atoms with Gasteiger partial charge in [-0.3, -0.25) is 0 Å². The van der Waals surface area contributed by atoms with Gasteiger partial charge in [-0.1, -0.05) is 19.3 Å². The molecule has 0 aromatic carbocycles.